The minimum atomic E-state index is 0.569. The summed E-state index contributed by atoms with van der Waals surface area (Å²) >= 11 is 5.81. The molecule has 0 aromatic rings. The van der Waals surface area contributed by atoms with Gasteiger partial charge in [-0.15, -0.1) is 0 Å². The Kier molecular flexibility index (Phi) is 2.56. The second kappa shape index (κ2) is 3.01. The summed E-state index contributed by atoms with van der Waals surface area (Å²) in [5.41, 5.74) is 0. The maximum atomic E-state index is 3.50. The molecule has 0 nitrogen and oxygen atoms in total. The van der Waals surface area contributed by atoms with E-state index >= 15 is 0 Å². The summed E-state index contributed by atoms with van der Waals surface area (Å²) in [5, 5.41) is 0. The van der Waals surface area contributed by atoms with Crippen molar-refractivity contribution in [2.24, 2.45) is 0 Å². The van der Waals surface area contributed by atoms with E-state index in [0.29, 0.717) is 4.83 Å². The molecule has 0 saturated heterocycles. The first-order valence-electron chi connectivity index (χ1n) is 2.47. The molecule has 0 fully saturated rings. The van der Waals surface area contributed by atoms with E-state index in [1.807, 2.05) is 0 Å². The summed E-state index contributed by atoms with van der Waals surface area (Å²) < 4.78 is 1.33. The number of allylic oxidation sites excluding steroid dienone is 4. The topological polar surface area (TPSA) is 0 Å². The van der Waals surface area contributed by atoms with E-state index in [4.69, 9.17) is 0 Å². The van der Waals surface area contributed by atoms with Gasteiger partial charge in [0, 0.05) is 8.41 Å². The van der Waals surface area contributed by atoms with Crippen LogP contribution in [0.3, 0.4) is 0 Å². The van der Waals surface area contributed by atoms with E-state index < -0.39 is 0 Å². The van der Waals surface area contributed by atoms with Crippen LogP contribution in [0.15, 0.2) is 21.8 Å². The molecule has 0 heterocycles. The van der Waals surface area contributed by atoms with Gasteiger partial charge in [-0.1, -0.05) is 34.2 Å². The first-order valence-corrected chi connectivity index (χ1v) is 4.46. The molecular formula is C6H6BrI. The second-order valence-corrected chi connectivity index (χ2v) is 4.13. The fraction of sp³-hybridized carbons (Fsp3) is 0.333. The standard InChI is InChI=1S/C6H6BrI/c7-5-2-1-3-6(8)4-5/h1,3-5H,2H2. The van der Waals surface area contributed by atoms with Crippen LogP contribution in [0.4, 0.5) is 0 Å². The van der Waals surface area contributed by atoms with Crippen LogP contribution in [0.1, 0.15) is 6.42 Å². The molecule has 1 rings (SSSR count). The van der Waals surface area contributed by atoms with Crippen molar-refractivity contribution in [2.75, 3.05) is 0 Å². The quantitative estimate of drug-likeness (QED) is 0.474. The zero-order valence-corrected chi connectivity index (χ0v) is 8.02. The van der Waals surface area contributed by atoms with Crippen LogP contribution in [0.5, 0.6) is 0 Å². The van der Waals surface area contributed by atoms with Crippen molar-refractivity contribution in [3.8, 4) is 0 Å². The Morgan fingerprint density at radius 2 is 2.50 bits per heavy atom. The van der Waals surface area contributed by atoms with Gasteiger partial charge in [-0.3, -0.25) is 0 Å². The van der Waals surface area contributed by atoms with Crippen molar-refractivity contribution in [1.29, 1.82) is 0 Å². The average molecular weight is 285 g/mol. The average Bonchev–Trinajstić information content (AvgIpc) is 1.64. The van der Waals surface area contributed by atoms with E-state index in [9.17, 15) is 0 Å². The van der Waals surface area contributed by atoms with Crippen LogP contribution < -0.4 is 0 Å². The highest BCUT2D eigenvalue weighted by molar-refractivity contribution is 14.1. The summed E-state index contributed by atoms with van der Waals surface area (Å²) in [7, 11) is 0. The Bertz CT molecular complexity index is 137. The van der Waals surface area contributed by atoms with Crippen molar-refractivity contribution in [2.45, 2.75) is 11.2 Å². The van der Waals surface area contributed by atoms with Crippen molar-refractivity contribution >= 4 is 38.5 Å². The molecule has 0 spiro atoms. The summed E-state index contributed by atoms with van der Waals surface area (Å²) in [4.78, 5) is 0.569. The lowest BCUT2D eigenvalue weighted by molar-refractivity contribution is 1.07. The van der Waals surface area contributed by atoms with Crippen LogP contribution in [0.25, 0.3) is 0 Å². The molecule has 0 aromatic carbocycles. The first-order chi connectivity index (χ1) is 3.79. The Balaban J connectivity index is 2.63. The normalized spacial score (nSPS) is 27.8. The van der Waals surface area contributed by atoms with Crippen LogP contribution in [-0.4, -0.2) is 4.83 Å². The van der Waals surface area contributed by atoms with E-state index in [-0.39, 0.29) is 0 Å². The van der Waals surface area contributed by atoms with Gasteiger partial charge in [-0.05, 0) is 29.0 Å². The molecule has 1 unspecified atom stereocenters. The molecule has 44 valence electrons. The van der Waals surface area contributed by atoms with E-state index in [2.05, 4.69) is 56.7 Å². The molecule has 0 aromatic heterocycles. The molecule has 1 atom stereocenters. The largest absolute Gasteiger partial charge is 0.0841 e. The number of halogens is 2. The second-order valence-electron chi connectivity index (χ2n) is 1.71. The van der Waals surface area contributed by atoms with Gasteiger partial charge < -0.3 is 0 Å². The lowest BCUT2D eigenvalue weighted by Crippen LogP contribution is -1.93. The highest BCUT2D eigenvalue weighted by Gasteiger charge is 2.01. The van der Waals surface area contributed by atoms with Gasteiger partial charge in [0.2, 0.25) is 0 Å². The van der Waals surface area contributed by atoms with Gasteiger partial charge in [0.1, 0.15) is 0 Å². The van der Waals surface area contributed by atoms with Gasteiger partial charge in [0.25, 0.3) is 0 Å². The molecule has 1 aliphatic rings. The fourth-order valence-electron chi connectivity index (χ4n) is 0.607. The Hall–Kier alpha value is 0.690. The molecule has 0 amide bonds. The third-order valence-electron chi connectivity index (χ3n) is 0.978. The van der Waals surface area contributed by atoms with Gasteiger partial charge in [-0.25, -0.2) is 0 Å². The van der Waals surface area contributed by atoms with Crippen molar-refractivity contribution in [1.82, 2.24) is 0 Å². The Morgan fingerprint density at radius 1 is 1.75 bits per heavy atom. The summed E-state index contributed by atoms with van der Waals surface area (Å²) in [6.45, 7) is 0. The molecule has 2 heteroatoms. The number of hydrogen-bond acceptors (Lipinski definition) is 0. The minimum absolute atomic E-state index is 0.569. The molecular weight excluding hydrogens is 279 g/mol. The predicted octanol–water partition coefficient (Wildman–Crippen LogP) is 3.03. The van der Waals surface area contributed by atoms with Gasteiger partial charge in [0.15, 0.2) is 0 Å². The molecule has 0 saturated carbocycles. The lowest BCUT2D eigenvalue weighted by Gasteiger charge is -2.04. The smallest absolute Gasteiger partial charge is 0.0373 e. The number of alkyl halides is 1. The van der Waals surface area contributed by atoms with E-state index in [0.717, 1.165) is 6.42 Å². The molecule has 0 bridgehead atoms. The van der Waals surface area contributed by atoms with Gasteiger partial charge in [0.05, 0.1) is 0 Å². The highest BCUT2D eigenvalue weighted by atomic mass is 127. The summed E-state index contributed by atoms with van der Waals surface area (Å²) in [6, 6.07) is 0. The van der Waals surface area contributed by atoms with Crippen LogP contribution in [0.2, 0.25) is 0 Å². The van der Waals surface area contributed by atoms with Crippen molar-refractivity contribution in [3.63, 3.8) is 0 Å². The molecule has 0 radical (unpaired) electrons. The van der Waals surface area contributed by atoms with Crippen LogP contribution >= 0.6 is 38.5 Å². The monoisotopic (exact) mass is 284 g/mol. The molecule has 1 aliphatic carbocycles. The van der Waals surface area contributed by atoms with Gasteiger partial charge >= 0.3 is 0 Å². The van der Waals surface area contributed by atoms with Crippen LogP contribution in [-0.2, 0) is 0 Å². The zero-order chi connectivity index (χ0) is 5.98. The zero-order valence-electron chi connectivity index (χ0n) is 4.27. The summed E-state index contributed by atoms with van der Waals surface area (Å²) in [6.07, 6.45) is 7.66. The first kappa shape index (κ1) is 6.81. The summed E-state index contributed by atoms with van der Waals surface area (Å²) in [5.74, 6) is 0. The fourth-order valence-corrected chi connectivity index (χ4v) is 2.29. The molecule has 0 aliphatic heterocycles. The Labute approximate surface area is 71.3 Å². The SMILES string of the molecule is BrC1C=C(I)C=CC1. The van der Waals surface area contributed by atoms with Gasteiger partial charge in [-0.2, -0.15) is 0 Å². The maximum absolute atomic E-state index is 3.50. The molecule has 0 N–H and O–H groups in total. The third-order valence-corrected chi connectivity index (χ3v) is 2.34. The van der Waals surface area contributed by atoms with E-state index in [1.165, 1.54) is 3.58 Å². The third kappa shape index (κ3) is 1.90. The highest BCUT2D eigenvalue weighted by Crippen LogP contribution is 2.20. The molecule has 8 heavy (non-hydrogen) atoms. The predicted molar refractivity (Wildman–Crippen MR) is 48.6 cm³/mol. The van der Waals surface area contributed by atoms with E-state index in [1.54, 1.807) is 0 Å². The van der Waals surface area contributed by atoms with Crippen LogP contribution in [0, 0.1) is 0 Å². The number of hydrogen-bond donors (Lipinski definition) is 0. The Morgan fingerprint density at radius 3 is 2.88 bits per heavy atom. The number of rotatable bonds is 0. The maximum Gasteiger partial charge on any atom is 0.0373 e. The van der Waals surface area contributed by atoms with Crippen molar-refractivity contribution in [3.05, 3.63) is 21.8 Å². The van der Waals surface area contributed by atoms with Crippen molar-refractivity contribution < 1.29 is 0 Å². The minimum Gasteiger partial charge on any atom is -0.0841 e. The lowest BCUT2D eigenvalue weighted by atomic mass is 10.2.